The molecular formula is C27H29NO5. The van der Waals surface area contributed by atoms with Crippen molar-refractivity contribution in [2.24, 2.45) is 0 Å². The molecule has 0 amide bonds. The molecule has 0 fully saturated rings. The van der Waals surface area contributed by atoms with Crippen molar-refractivity contribution in [1.29, 1.82) is 5.41 Å². The summed E-state index contributed by atoms with van der Waals surface area (Å²) in [6.45, 7) is 2.57. The average molecular weight is 448 g/mol. The lowest BCUT2D eigenvalue weighted by Crippen LogP contribution is -2.32. The molecule has 0 aliphatic rings. The summed E-state index contributed by atoms with van der Waals surface area (Å²) in [4.78, 5) is 11.6. The minimum Gasteiger partial charge on any atom is -0.494 e. The largest absolute Gasteiger partial charge is 0.494 e. The van der Waals surface area contributed by atoms with Crippen molar-refractivity contribution in [3.8, 4) is 11.5 Å². The fourth-order valence-corrected chi connectivity index (χ4v) is 3.36. The first-order chi connectivity index (χ1) is 16.1. The lowest BCUT2D eigenvalue weighted by atomic mass is 10.0. The number of aryl methyl sites for hydroxylation is 2. The molecule has 0 radical (unpaired) electrons. The lowest BCUT2D eigenvalue weighted by molar-refractivity contribution is -0.160. The second-order valence-electron chi connectivity index (χ2n) is 7.51. The normalized spacial score (nSPS) is 11.4. The molecule has 6 nitrogen and oxygen atoms in total. The van der Waals surface area contributed by atoms with Crippen LogP contribution in [0.5, 0.6) is 11.5 Å². The molecule has 0 aliphatic heterocycles. The third kappa shape index (κ3) is 7.38. The van der Waals surface area contributed by atoms with Gasteiger partial charge >= 0.3 is 12.3 Å². The van der Waals surface area contributed by atoms with E-state index in [4.69, 9.17) is 19.6 Å². The van der Waals surface area contributed by atoms with Gasteiger partial charge in [-0.3, -0.25) is 5.41 Å². The summed E-state index contributed by atoms with van der Waals surface area (Å²) < 4.78 is 16.6. The lowest BCUT2D eigenvalue weighted by Gasteiger charge is -2.18. The molecule has 6 heteroatoms. The van der Waals surface area contributed by atoms with Gasteiger partial charge < -0.3 is 19.3 Å². The number of nitrogens with one attached hydrogen (secondary N) is 1. The molecule has 0 saturated carbocycles. The van der Waals surface area contributed by atoms with Gasteiger partial charge in [0.05, 0.1) is 6.61 Å². The van der Waals surface area contributed by atoms with Gasteiger partial charge in [-0.25, -0.2) is 4.79 Å². The van der Waals surface area contributed by atoms with Crippen molar-refractivity contribution >= 4 is 11.9 Å². The topological polar surface area (TPSA) is 88.8 Å². The maximum atomic E-state index is 11.6. The van der Waals surface area contributed by atoms with Crippen molar-refractivity contribution in [1.82, 2.24) is 0 Å². The van der Waals surface area contributed by atoms with Crippen LogP contribution in [0.4, 0.5) is 0 Å². The maximum Gasteiger partial charge on any atom is 0.387 e. The molecule has 2 N–H and O–H groups in total. The van der Waals surface area contributed by atoms with Crippen LogP contribution in [0.3, 0.4) is 0 Å². The Morgan fingerprint density at radius 3 is 2.30 bits per heavy atom. The van der Waals surface area contributed by atoms with Crippen LogP contribution in [0.15, 0.2) is 78.9 Å². The zero-order valence-electron chi connectivity index (χ0n) is 18.7. The number of carbonyl (C=O) groups is 1. The number of rotatable bonds is 12. The van der Waals surface area contributed by atoms with Crippen molar-refractivity contribution in [2.75, 3.05) is 6.61 Å². The van der Waals surface area contributed by atoms with Gasteiger partial charge in [0, 0.05) is 5.56 Å². The molecule has 3 aromatic carbocycles. The van der Waals surface area contributed by atoms with Gasteiger partial charge in [0.2, 0.25) is 5.90 Å². The molecule has 33 heavy (non-hydrogen) atoms. The van der Waals surface area contributed by atoms with E-state index in [1.54, 1.807) is 42.5 Å². The Labute approximate surface area is 194 Å². The van der Waals surface area contributed by atoms with Crippen LogP contribution in [0, 0.1) is 5.41 Å². The molecular weight excluding hydrogens is 418 g/mol. The van der Waals surface area contributed by atoms with Gasteiger partial charge in [0.15, 0.2) is 0 Å². The number of carboxylic acid groups (broad SMARTS) is 1. The van der Waals surface area contributed by atoms with Gasteiger partial charge in [-0.15, -0.1) is 0 Å². The number of ether oxygens (including phenoxy) is 3. The summed E-state index contributed by atoms with van der Waals surface area (Å²) >= 11 is 0. The number of benzene rings is 3. The Bertz CT molecular complexity index is 1040. The first-order valence-electron chi connectivity index (χ1n) is 11.1. The Kier molecular flexibility index (Phi) is 8.88. The molecule has 0 saturated heterocycles. The van der Waals surface area contributed by atoms with Gasteiger partial charge in [-0.05, 0) is 67.1 Å². The molecule has 172 valence electrons. The van der Waals surface area contributed by atoms with Crippen LogP contribution in [-0.4, -0.2) is 29.9 Å². The number of hydrogen-bond acceptors (Lipinski definition) is 5. The minimum atomic E-state index is -1.62. The summed E-state index contributed by atoms with van der Waals surface area (Å²) in [5.41, 5.74) is 2.67. The van der Waals surface area contributed by atoms with Crippen LogP contribution in [0.1, 0.15) is 36.5 Å². The molecule has 0 aliphatic carbocycles. The van der Waals surface area contributed by atoms with Gasteiger partial charge in [-0.1, -0.05) is 55.5 Å². The summed E-state index contributed by atoms with van der Waals surface area (Å²) in [5, 5.41) is 17.8. The smallest absolute Gasteiger partial charge is 0.387 e. The van der Waals surface area contributed by atoms with Crippen LogP contribution < -0.4 is 9.47 Å². The Hall–Kier alpha value is -3.80. The highest BCUT2D eigenvalue weighted by Gasteiger charge is 2.24. The van der Waals surface area contributed by atoms with E-state index in [-0.39, 0.29) is 5.90 Å². The summed E-state index contributed by atoms with van der Waals surface area (Å²) in [7, 11) is 0. The molecule has 0 bridgehead atoms. The summed E-state index contributed by atoms with van der Waals surface area (Å²) in [5.74, 6) is -0.496. The minimum absolute atomic E-state index is 0.260. The highest BCUT2D eigenvalue weighted by molar-refractivity contribution is 5.94. The Balaban J connectivity index is 1.55. The first kappa shape index (κ1) is 23.9. The van der Waals surface area contributed by atoms with Crippen molar-refractivity contribution in [3.05, 3.63) is 95.6 Å². The van der Waals surface area contributed by atoms with Crippen LogP contribution in [-0.2, 0) is 22.4 Å². The van der Waals surface area contributed by atoms with E-state index in [1.807, 2.05) is 31.2 Å². The summed E-state index contributed by atoms with van der Waals surface area (Å²) in [6.07, 6.45) is 2.02. The second-order valence-corrected chi connectivity index (χ2v) is 7.51. The molecule has 3 aromatic rings. The Morgan fingerprint density at radius 1 is 0.939 bits per heavy atom. The molecule has 0 heterocycles. The second kappa shape index (κ2) is 12.3. The first-order valence-corrected chi connectivity index (χ1v) is 11.1. The third-order valence-corrected chi connectivity index (χ3v) is 5.09. The standard InChI is InChI=1S/C27H29NO5/c1-2-21-19-23(31-18-10-9-13-20-11-5-3-6-12-20)16-17-24(21)25(28)33-27(26(29)30)32-22-14-7-4-8-15-22/h3-8,11-12,14-17,19,27-28H,2,9-10,13,18H2,1H3,(H,29,30). The zero-order chi connectivity index (χ0) is 23.5. The monoisotopic (exact) mass is 447 g/mol. The van der Waals surface area contributed by atoms with Crippen LogP contribution in [0.25, 0.3) is 0 Å². The van der Waals surface area contributed by atoms with E-state index in [1.165, 1.54) is 5.56 Å². The number of para-hydroxylation sites is 1. The zero-order valence-corrected chi connectivity index (χ0v) is 18.7. The van der Waals surface area contributed by atoms with Gasteiger partial charge in [0.25, 0.3) is 0 Å². The van der Waals surface area contributed by atoms with E-state index in [0.717, 1.165) is 30.6 Å². The fraction of sp³-hybridized carbons (Fsp3) is 0.259. The van der Waals surface area contributed by atoms with Gasteiger partial charge in [0.1, 0.15) is 11.5 Å². The van der Waals surface area contributed by atoms with Gasteiger partial charge in [-0.2, -0.15) is 0 Å². The Morgan fingerprint density at radius 2 is 1.64 bits per heavy atom. The van der Waals surface area contributed by atoms with E-state index in [2.05, 4.69) is 12.1 Å². The molecule has 1 unspecified atom stereocenters. The number of unbranched alkanes of at least 4 members (excludes halogenated alkanes) is 1. The highest BCUT2D eigenvalue weighted by Crippen LogP contribution is 2.21. The van der Waals surface area contributed by atoms with E-state index in [0.29, 0.717) is 24.3 Å². The predicted octanol–water partition coefficient (Wildman–Crippen LogP) is 5.48. The third-order valence-electron chi connectivity index (χ3n) is 5.09. The molecule has 0 aromatic heterocycles. The fourth-order valence-electron chi connectivity index (χ4n) is 3.36. The SMILES string of the molecule is CCc1cc(OCCCCc2ccccc2)ccc1C(=N)OC(Oc1ccccc1)C(=O)O. The maximum absolute atomic E-state index is 11.6. The van der Waals surface area contributed by atoms with Crippen molar-refractivity contribution in [2.45, 2.75) is 38.9 Å². The molecule has 0 spiro atoms. The number of aliphatic carboxylic acids is 1. The van der Waals surface area contributed by atoms with Crippen molar-refractivity contribution in [3.63, 3.8) is 0 Å². The quantitative estimate of drug-likeness (QED) is 0.166. The number of hydrogen-bond donors (Lipinski definition) is 2. The highest BCUT2D eigenvalue weighted by atomic mass is 16.7. The van der Waals surface area contributed by atoms with E-state index < -0.39 is 12.3 Å². The summed E-state index contributed by atoms with van der Waals surface area (Å²) in [6, 6.07) is 24.3. The van der Waals surface area contributed by atoms with Crippen LogP contribution in [0.2, 0.25) is 0 Å². The van der Waals surface area contributed by atoms with E-state index in [9.17, 15) is 9.90 Å². The predicted molar refractivity (Wildman–Crippen MR) is 127 cm³/mol. The van der Waals surface area contributed by atoms with Crippen LogP contribution >= 0.6 is 0 Å². The van der Waals surface area contributed by atoms with Crippen molar-refractivity contribution < 1.29 is 24.1 Å². The molecule has 1 atom stereocenters. The average Bonchev–Trinajstić information content (AvgIpc) is 2.84. The van der Waals surface area contributed by atoms with E-state index >= 15 is 0 Å². The number of carboxylic acids is 1. The molecule has 3 rings (SSSR count).